The van der Waals surface area contributed by atoms with Gasteiger partial charge in [0, 0.05) is 34.9 Å². The molecule has 5 aromatic rings. The van der Waals surface area contributed by atoms with Crippen LogP contribution in [0.4, 0.5) is 5.69 Å². The molecule has 0 bridgehead atoms. The van der Waals surface area contributed by atoms with E-state index in [9.17, 15) is 10.1 Å². The standard InChI is InChI=1S/C25H21N5O5S/c1-33-18-6-4-5-15(11-18)14-36-25-26-20-13-22(35-3)21(34-2)12-19(20)24-27-23(28-29(24)25)16-7-9-17(10-8-16)30(31)32/h4-13H,14H2,1-3H3. The molecule has 0 radical (unpaired) electrons. The summed E-state index contributed by atoms with van der Waals surface area (Å²) in [6, 6.07) is 17.6. The Hall–Kier alpha value is -4.38. The van der Waals surface area contributed by atoms with Crippen LogP contribution >= 0.6 is 11.8 Å². The molecule has 0 amide bonds. The molecular formula is C25H21N5O5S. The van der Waals surface area contributed by atoms with Gasteiger partial charge in [-0.3, -0.25) is 10.1 Å². The monoisotopic (exact) mass is 503 g/mol. The van der Waals surface area contributed by atoms with Crippen LogP contribution in [0, 0.1) is 10.1 Å². The van der Waals surface area contributed by atoms with E-state index < -0.39 is 4.92 Å². The molecule has 3 aromatic carbocycles. The quantitative estimate of drug-likeness (QED) is 0.122. The molecule has 0 N–H and O–H groups in total. The molecule has 0 fully saturated rings. The van der Waals surface area contributed by atoms with E-state index in [1.807, 2.05) is 36.4 Å². The van der Waals surface area contributed by atoms with Gasteiger partial charge in [-0.25, -0.2) is 9.97 Å². The van der Waals surface area contributed by atoms with E-state index in [-0.39, 0.29) is 5.69 Å². The third kappa shape index (κ3) is 4.36. The topological polar surface area (TPSA) is 114 Å². The number of methoxy groups -OCH3 is 3. The number of benzene rings is 3. The van der Waals surface area contributed by atoms with Crippen molar-refractivity contribution in [3.8, 4) is 28.6 Å². The zero-order valence-electron chi connectivity index (χ0n) is 19.7. The van der Waals surface area contributed by atoms with Crippen molar-refractivity contribution in [2.24, 2.45) is 0 Å². The third-order valence-electron chi connectivity index (χ3n) is 5.59. The number of ether oxygens (including phenoxy) is 3. The van der Waals surface area contributed by atoms with Gasteiger partial charge in [0.05, 0.1) is 31.8 Å². The Morgan fingerprint density at radius 2 is 1.69 bits per heavy atom. The molecule has 0 saturated heterocycles. The number of hydrogen-bond donors (Lipinski definition) is 0. The van der Waals surface area contributed by atoms with Gasteiger partial charge in [-0.05, 0) is 35.9 Å². The lowest BCUT2D eigenvalue weighted by molar-refractivity contribution is -0.384. The molecule has 0 spiro atoms. The Kier molecular flexibility index (Phi) is 6.30. The van der Waals surface area contributed by atoms with Crippen LogP contribution in [0.15, 0.2) is 65.8 Å². The van der Waals surface area contributed by atoms with Crippen molar-refractivity contribution in [3.63, 3.8) is 0 Å². The number of fused-ring (bicyclic) bond motifs is 3. The van der Waals surface area contributed by atoms with E-state index in [4.69, 9.17) is 29.3 Å². The van der Waals surface area contributed by atoms with Crippen molar-refractivity contribution >= 4 is 34.0 Å². The SMILES string of the molecule is COc1cccc(CSc2nc3cc(OC)c(OC)cc3c3nc(-c4ccc([N+](=O)[O-])cc4)nn23)c1. The molecule has 5 rings (SSSR count). The third-order valence-corrected chi connectivity index (χ3v) is 6.59. The summed E-state index contributed by atoms with van der Waals surface area (Å²) in [6.45, 7) is 0. The largest absolute Gasteiger partial charge is 0.497 e. The number of aromatic nitrogens is 4. The van der Waals surface area contributed by atoms with Gasteiger partial charge in [-0.2, -0.15) is 4.52 Å². The molecule has 0 aliphatic rings. The predicted octanol–water partition coefficient (Wildman–Crippen LogP) is 5.17. The van der Waals surface area contributed by atoms with E-state index in [2.05, 4.69) is 0 Å². The Morgan fingerprint density at radius 1 is 0.944 bits per heavy atom. The summed E-state index contributed by atoms with van der Waals surface area (Å²) in [7, 11) is 4.78. The van der Waals surface area contributed by atoms with Gasteiger partial charge in [0.1, 0.15) is 5.75 Å². The molecule has 10 nitrogen and oxygen atoms in total. The van der Waals surface area contributed by atoms with Crippen LogP contribution in [0.5, 0.6) is 17.2 Å². The van der Waals surface area contributed by atoms with E-state index in [0.717, 1.165) is 16.7 Å². The molecule has 0 atom stereocenters. The van der Waals surface area contributed by atoms with Crippen LogP contribution in [0.3, 0.4) is 0 Å². The fraction of sp³-hybridized carbons (Fsp3) is 0.160. The van der Waals surface area contributed by atoms with Gasteiger partial charge in [-0.15, -0.1) is 5.10 Å². The van der Waals surface area contributed by atoms with Crippen LogP contribution in [0.1, 0.15) is 5.56 Å². The summed E-state index contributed by atoms with van der Waals surface area (Å²) >= 11 is 1.51. The summed E-state index contributed by atoms with van der Waals surface area (Å²) in [5.41, 5.74) is 2.98. The van der Waals surface area contributed by atoms with E-state index in [1.54, 1.807) is 38.0 Å². The van der Waals surface area contributed by atoms with Crippen LogP contribution < -0.4 is 14.2 Å². The first-order chi connectivity index (χ1) is 17.5. The Labute approximate surface area is 210 Å². The van der Waals surface area contributed by atoms with Crippen molar-refractivity contribution in [3.05, 3.63) is 76.3 Å². The Balaban J connectivity index is 1.64. The summed E-state index contributed by atoms with van der Waals surface area (Å²) < 4.78 is 18.0. The number of non-ortho nitro benzene ring substituents is 1. The molecule has 2 aromatic heterocycles. The van der Waals surface area contributed by atoms with Crippen molar-refractivity contribution in [2.45, 2.75) is 10.9 Å². The average molecular weight is 504 g/mol. The number of nitro groups is 1. The summed E-state index contributed by atoms with van der Waals surface area (Å²) in [5, 5.41) is 17.1. The van der Waals surface area contributed by atoms with Crippen molar-refractivity contribution in [2.75, 3.05) is 21.3 Å². The Morgan fingerprint density at radius 3 is 2.39 bits per heavy atom. The molecule has 36 heavy (non-hydrogen) atoms. The van der Waals surface area contributed by atoms with Gasteiger partial charge >= 0.3 is 0 Å². The highest BCUT2D eigenvalue weighted by Gasteiger charge is 2.18. The van der Waals surface area contributed by atoms with Crippen molar-refractivity contribution in [1.82, 2.24) is 19.6 Å². The number of thioether (sulfide) groups is 1. The van der Waals surface area contributed by atoms with Crippen LogP contribution in [-0.4, -0.2) is 45.8 Å². The second kappa shape index (κ2) is 9.70. The second-order valence-electron chi connectivity index (χ2n) is 7.73. The second-order valence-corrected chi connectivity index (χ2v) is 8.68. The highest BCUT2D eigenvalue weighted by molar-refractivity contribution is 7.98. The fourth-order valence-electron chi connectivity index (χ4n) is 3.77. The molecule has 11 heteroatoms. The highest BCUT2D eigenvalue weighted by atomic mass is 32.2. The average Bonchev–Trinajstić information content (AvgIpc) is 3.37. The lowest BCUT2D eigenvalue weighted by Gasteiger charge is -2.11. The smallest absolute Gasteiger partial charge is 0.269 e. The van der Waals surface area contributed by atoms with Crippen molar-refractivity contribution in [1.29, 1.82) is 0 Å². The van der Waals surface area contributed by atoms with Gasteiger partial charge in [0.25, 0.3) is 5.69 Å². The zero-order chi connectivity index (χ0) is 25.2. The number of nitro benzene ring substituents is 1. The lowest BCUT2D eigenvalue weighted by Crippen LogP contribution is -2.00. The van der Waals surface area contributed by atoms with E-state index in [0.29, 0.717) is 45.0 Å². The van der Waals surface area contributed by atoms with Crippen LogP contribution in [0.2, 0.25) is 0 Å². The maximum absolute atomic E-state index is 11.1. The molecule has 2 heterocycles. The maximum atomic E-state index is 11.1. The number of nitrogens with zero attached hydrogens (tertiary/aromatic N) is 5. The Bertz CT molecular complexity index is 1590. The predicted molar refractivity (Wildman–Crippen MR) is 136 cm³/mol. The molecule has 0 unspecified atom stereocenters. The maximum Gasteiger partial charge on any atom is 0.269 e. The first kappa shape index (κ1) is 23.4. The lowest BCUT2D eigenvalue weighted by atomic mass is 10.2. The number of hydrogen-bond acceptors (Lipinski definition) is 9. The molecule has 0 saturated carbocycles. The van der Waals surface area contributed by atoms with Gasteiger partial charge in [0.2, 0.25) is 0 Å². The number of rotatable bonds is 8. The van der Waals surface area contributed by atoms with Crippen LogP contribution in [0.25, 0.3) is 27.9 Å². The highest BCUT2D eigenvalue weighted by Crippen LogP contribution is 2.35. The van der Waals surface area contributed by atoms with Gasteiger partial charge < -0.3 is 14.2 Å². The molecule has 0 aliphatic carbocycles. The zero-order valence-corrected chi connectivity index (χ0v) is 20.5. The van der Waals surface area contributed by atoms with E-state index >= 15 is 0 Å². The van der Waals surface area contributed by atoms with Gasteiger partial charge in [-0.1, -0.05) is 23.9 Å². The minimum Gasteiger partial charge on any atom is -0.497 e. The molecular weight excluding hydrogens is 482 g/mol. The molecule has 182 valence electrons. The summed E-state index contributed by atoms with van der Waals surface area (Å²) in [6.07, 6.45) is 0. The van der Waals surface area contributed by atoms with Crippen LogP contribution in [-0.2, 0) is 5.75 Å². The summed E-state index contributed by atoms with van der Waals surface area (Å²) in [5.74, 6) is 2.94. The van der Waals surface area contributed by atoms with E-state index in [1.165, 1.54) is 23.9 Å². The first-order valence-electron chi connectivity index (χ1n) is 10.8. The first-order valence-corrected chi connectivity index (χ1v) is 11.8. The van der Waals surface area contributed by atoms with Gasteiger partial charge in [0.15, 0.2) is 28.1 Å². The van der Waals surface area contributed by atoms with Crippen molar-refractivity contribution < 1.29 is 19.1 Å². The fourth-order valence-corrected chi connectivity index (χ4v) is 4.66. The minimum absolute atomic E-state index is 0.000922. The molecule has 0 aliphatic heterocycles. The summed E-state index contributed by atoms with van der Waals surface area (Å²) in [4.78, 5) is 20.2. The minimum atomic E-state index is -0.439. The normalized spacial score (nSPS) is 11.1.